The fourth-order valence-electron chi connectivity index (χ4n) is 3.03. The molecule has 0 bridgehead atoms. The fraction of sp³-hybridized carbons (Fsp3) is 0.444. The third-order valence-corrected chi connectivity index (χ3v) is 4.36. The molecule has 0 aliphatic carbocycles. The number of fused-ring (bicyclic) bond motifs is 1. The number of rotatable bonds is 4. The number of piperazine rings is 1. The number of allylic oxidation sites excluding steroid dienone is 2. The van der Waals surface area contributed by atoms with Crippen molar-refractivity contribution in [2.75, 3.05) is 32.8 Å². The first kappa shape index (κ1) is 17.1. The van der Waals surface area contributed by atoms with Crippen LogP contribution in [0.15, 0.2) is 35.0 Å². The van der Waals surface area contributed by atoms with E-state index in [0.29, 0.717) is 50.6 Å². The van der Waals surface area contributed by atoms with Gasteiger partial charge in [-0.1, -0.05) is 12.2 Å². The molecule has 0 atom stereocenters. The highest BCUT2D eigenvalue weighted by atomic mass is 16.6. The van der Waals surface area contributed by atoms with Crippen molar-refractivity contribution in [3.05, 3.63) is 36.2 Å². The maximum Gasteiger partial charge on any atom is 0.409 e. The highest BCUT2D eigenvalue weighted by Crippen LogP contribution is 2.23. The van der Waals surface area contributed by atoms with Crippen LogP contribution in [0.3, 0.4) is 0 Å². The summed E-state index contributed by atoms with van der Waals surface area (Å²) in [6.07, 6.45) is 5.27. The average molecular weight is 345 g/mol. The van der Waals surface area contributed by atoms with Gasteiger partial charge in [0.25, 0.3) is 5.91 Å². The van der Waals surface area contributed by atoms with Gasteiger partial charge in [0.15, 0.2) is 5.58 Å². The molecule has 0 unspecified atom stereocenters. The number of hydrogen-bond acceptors (Lipinski definition) is 4. The molecule has 1 fully saturated rings. The van der Waals surface area contributed by atoms with Crippen LogP contribution in [-0.2, 0) is 11.3 Å². The van der Waals surface area contributed by atoms with Crippen LogP contribution < -0.4 is 0 Å². The van der Waals surface area contributed by atoms with Crippen LogP contribution in [0, 0.1) is 0 Å². The first-order chi connectivity index (χ1) is 12.2. The van der Waals surface area contributed by atoms with E-state index in [1.165, 1.54) is 0 Å². The van der Waals surface area contributed by atoms with E-state index >= 15 is 0 Å². The molecule has 7 heteroatoms. The molecular formula is C18H23N3O4. The fourth-order valence-corrected chi connectivity index (χ4v) is 3.03. The number of carbonyl (C=O) groups excluding carboxylic acids is 2. The van der Waals surface area contributed by atoms with Crippen molar-refractivity contribution in [1.82, 2.24) is 14.4 Å². The Morgan fingerprint density at radius 1 is 1.24 bits per heavy atom. The first-order valence-electron chi connectivity index (χ1n) is 8.54. The predicted molar refractivity (Wildman–Crippen MR) is 93.5 cm³/mol. The normalized spacial score (nSPS) is 15.3. The molecule has 0 aromatic carbocycles. The minimum atomic E-state index is -0.316. The highest BCUT2D eigenvalue weighted by Gasteiger charge is 2.27. The van der Waals surface area contributed by atoms with Crippen molar-refractivity contribution in [2.24, 2.45) is 0 Å². The molecule has 25 heavy (non-hydrogen) atoms. The lowest BCUT2D eigenvalue weighted by atomic mass is 10.3. The molecule has 1 aliphatic rings. The Hall–Kier alpha value is -2.70. The van der Waals surface area contributed by atoms with Crippen LogP contribution in [0.4, 0.5) is 4.79 Å². The zero-order valence-corrected chi connectivity index (χ0v) is 14.6. The summed E-state index contributed by atoms with van der Waals surface area (Å²) in [5.41, 5.74) is 2.22. The van der Waals surface area contributed by atoms with Gasteiger partial charge in [0.1, 0.15) is 5.69 Å². The zero-order valence-electron chi connectivity index (χ0n) is 14.6. The third kappa shape index (κ3) is 3.40. The summed E-state index contributed by atoms with van der Waals surface area (Å²) in [5, 5.41) is 0. The van der Waals surface area contributed by atoms with Crippen LogP contribution in [0.2, 0.25) is 0 Å². The van der Waals surface area contributed by atoms with Crippen LogP contribution in [0.5, 0.6) is 0 Å². The van der Waals surface area contributed by atoms with E-state index in [1.54, 1.807) is 29.1 Å². The summed E-state index contributed by atoms with van der Waals surface area (Å²) in [7, 11) is 0. The molecule has 1 aliphatic heterocycles. The summed E-state index contributed by atoms with van der Waals surface area (Å²) in [5.74, 6) is -0.0422. The van der Waals surface area contributed by atoms with Gasteiger partial charge in [0.05, 0.1) is 18.4 Å². The van der Waals surface area contributed by atoms with E-state index in [4.69, 9.17) is 9.15 Å². The first-order valence-corrected chi connectivity index (χ1v) is 8.54. The van der Waals surface area contributed by atoms with Gasteiger partial charge in [0.2, 0.25) is 0 Å². The summed E-state index contributed by atoms with van der Waals surface area (Å²) in [4.78, 5) is 28.1. The van der Waals surface area contributed by atoms with Gasteiger partial charge < -0.3 is 23.5 Å². The SMILES string of the molecule is C/C=C\Cn1c(C(=O)N2CCN(C(=O)OCC)CC2)cc2occc21. The molecule has 7 nitrogen and oxygen atoms in total. The van der Waals surface area contributed by atoms with Crippen molar-refractivity contribution in [1.29, 1.82) is 0 Å². The molecule has 0 N–H and O–H groups in total. The maximum atomic E-state index is 13.0. The van der Waals surface area contributed by atoms with Crippen molar-refractivity contribution < 1.29 is 18.7 Å². The summed E-state index contributed by atoms with van der Waals surface area (Å²) in [6, 6.07) is 3.66. The minimum absolute atomic E-state index is 0.0422. The predicted octanol–water partition coefficient (Wildman–Crippen LogP) is 2.72. The van der Waals surface area contributed by atoms with Crippen molar-refractivity contribution in [3.63, 3.8) is 0 Å². The molecule has 0 radical (unpaired) electrons. The number of aromatic nitrogens is 1. The maximum absolute atomic E-state index is 13.0. The third-order valence-electron chi connectivity index (χ3n) is 4.36. The Kier molecular flexibility index (Phi) is 5.11. The van der Waals surface area contributed by atoms with Crippen molar-refractivity contribution in [3.8, 4) is 0 Å². The number of amides is 2. The molecule has 1 saturated heterocycles. The molecule has 2 amide bonds. The summed E-state index contributed by atoms with van der Waals surface area (Å²) < 4.78 is 12.4. The number of ether oxygens (including phenoxy) is 1. The monoisotopic (exact) mass is 345 g/mol. The average Bonchev–Trinajstić information content (AvgIpc) is 3.21. The van der Waals surface area contributed by atoms with E-state index < -0.39 is 0 Å². The van der Waals surface area contributed by atoms with Gasteiger partial charge in [-0.05, 0) is 13.8 Å². The molecule has 3 rings (SSSR count). The Balaban J connectivity index is 1.74. The van der Waals surface area contributed by atoms with E-state index in [0.717, 1.165) is 5.52 Å². The molecular weight excluding hydrogens is 322 g/mol. The lowest BCUT2D eigenvalue weighted by Gasteiger charge is -2.34. The van der Waals surface area contributed by atoms with Crippen LogP contribution in [0.1, 0.15) is 24.3 Å². The van der Waals surface area contributed by atoms with Gasteiger partial charge in [-0.25, -0.2) is 4.79 Å². The summed E-state index contributed by atoms with van der Waals surface area (Å²) >= 11 is 0. The van der Waals surface area contributed by atoms with Gasteiger partial charge in [-0.2, -0.15) is 0 Å². The second kappa shape index (κ2) is 7.46. The van der Waals surface area contributed by atoms with Gasteiger partial charge >= 0.3 is 6.09 Å². The Morgan fingerprint density at radius 2 is 1.96 bits per heavy atom. The highest BCUT2D eigenvalue weighted by molar-refractivity contribution is 5.97. The van der Waals surface area contributed by atoms with E-state index in [1.807, 2.05) is 29.7 Å². The lowest BCUT2D eigenvalue weighted by Crippen LogP contribution is -2.51. The largest absolute Gasteiger partial charge is 0.463 e. The molecule has 2 aromatic heterocycles. The van der Waals surface area contributed by atoms with Gasteiger partial charge in [0, 0.05) is 44.9 Å². The second-order valence-corrected chi connectivity index (χ2v) is 5.86. The summed E-state index contributed by atoms with van der Waals surface area (Å²) in [6.45, 7) is 6.66. The Morgan fingerprint density at radius 3 is 2.64 bits per heavy atom. The number of carbonyl (C=O) groups is 2. The topological polar surface area (TPSA) is 67.9 Å². The Bertz CT molecular complexity index is 781. The molecule has 0 saturated carbocycles. The molecule has 0 spiro atoms. The van der Waals surface area contributed by atoms with Gasteiger partial charge in [-0.15, -0.1) is 0 Å². The molecule has 134 valence electrons. The standard InChI is InChI=1S/C18H23N3O4/c1-3-5-7-21-14-6-12-25-16(14)13-15(21)17(22)19-8-10-20(11-9-19)18(23)24-4-2/h3,5-6,12-13H,4,7-11H2,1-2H3/b5-3-. The minimum Gasteiger partial charge on any atom is -0.463 e. The van der Waals surface area contributed by atoms with Crippen LogP contribution >= 0.6 is 0 Å². The van der Waals surface area contributed by atoms with E-state index in [-0.39, 0.29) is 12.0 Å². The number of furan rings is 1. The van der Waals surface area contributed by atoms with Crippen molar-refractivity contribution >= 4 is 23.1 Å². The van der Waals surface area contributed by atoms with Crippen molar-refractivity contribution in [2.45, 2.75) is 20.4 Å². The molecule has 2 aromatic rings. The van der Waals surface area contributed by atoms with Gasteiger partial charge in [-0.3, -0.25) is 4.79 Å². The van der Waals surface area contributed by atoms with E-state index in [2.05, 4.69) is 0 Å². The van der Waals surface area contributed by atoms with E-state index in [9.17, 15) is 9.59 Å². The van der Waals surface area contributed by atoms with Crippen LogP contribution in [0.25, 0.3) is 11.1 Å². The lowest BCUT2D eigenvalue weighted by molar-refractivity contribution is 0.0563. The zero-order chi connectivity index (χ0) is 17.8. The second-order valence-electron chi connectivity index (χ2n) is 5.86. The Labute approximate surface area is 146 Å². The smallest absolute Gasteiger partial charge is 0.409 e. The number of nitrogens with zero attached hydrogens (tertiary/aromatic N) is 3. The van der Waals surface area contributed by atoms with Crippen LogP contribution in [-0.4, -0.2) is 59.2 Å². The number of hydrogen-bond donors (Lipinski definition) is 0. The molecule has 3 heterocycles. The quantitative estimate of drug-likeness (QED) is 0.799.